The van der Waals surface area contributed by atoms with Crippen LogP contribution in [-0.4, -0.2) is 54.3 Å². The number of rotatable bonds is 11. The first-order valence-electron chi connectivity index (χ1n) is 11.7. The third kappa shape index (κ3) is 6.35. The van der Waals surface area contributed by atoms with E-state index in [1.807, 2.05) is 18.2 Å². The maximum atomic E-state index is 12.6. The van der Waals surface area contributed by atoms with Crippen LogP contribution in [-0.2, 0) is 4.79 Å². The van der Waals surface area contributed by atoms with Crippen molar-refractivity contribution in [2.75, 3.05) is 26.3 Å². The van der Waals surface area contributed by atoms with Gasteiger partial charge in [0.2, 0.25) is 5.91 Å². The molecule has 3 atom stereocenters. The highest BCUT2D eigenvalue weighted by atomic mass is 16.6. The minimum absolute atomic E-state index is 0. The molecule has 6 nitrogen and oxygen atoms in total. The number of nitrogens with zero attached hydrogens (tertiary/aromatic N) is 1. The first kappa shape index (κ1) is 22.9. The van der Waals surface area contributed by atoms with Crippen molar-refractivity contribution < 1.29 is 22.2 Å². The second-order valence-electron chi connectivity index (χ2n) is 8.67. The minimum atomic E-state index is -0.794. The summed E-state index contributed by atoms with van der Waals surface area (Å²) in [6.07, 6.45) is 7.64. The summed E-state index contributed by atoms with van der Waals surface area (Å²) in [6, 6.07) is 5.69. The molecule has 6 heteroatoms. The second kappa shape index (κ2) is 11.6. The molecule has 0 saturated carbocycles. The number of nitrogens with one attached hydrogen (secondary N) is 1. The summed E-state index contributed by atoms with van der Waals surface area (Å²) < 4.78 is 11.3. The smallest absolute Gasteiger partial charge is 0.220 e. The minimum Gasteiger partial charge on any atom is -0.486 e. The SMILES string of the molecule is CCCCCCCC(=O)N[C@H](CN1CCC[C@H]1C)[C@@H](O)c1ccc2c(c1)OCCO2.[HH].[HH]. The lowest BCUT2D eigenvalue weighted by Gasteiger charge is -2.31. The van der Waals surface area contributed by atoms with E-state index in [4.69, 9.17) is 9.47 Å². The quantitative estimate of drug-likeness (QED) is 0.520. The molecule has 1 aromatic rings. The lowest BCUT2D eigenvalue weighted by Crippen LogP contribution is -2.48. The van der Waals surface area contributed by atoms with Gasteiger partial charge in [0.15, 0.2) is 11.5 Å². The summed E-state index contributed by atoms with van der Waals surface area (Å²) in [5, 5.41) is 14.3. The number of carbonyl (C=O) groups excluding carboxylic acids is 1. The number of benzene rings is 1. The van der Waals surface area contributed by atoms with Crippen LogP contribution in [0.15, 0.2) is 18.2 Å². The van der Waals surface area contributed by atoms with E-state index in [2.05, 4.69) is 24.1 Å². The van der Waals surface area contributed by atoms with Crippen molar-refractivity contribution >= 4 is 5.91 Å². The first-order chi connectivity index (χ1) is 14.6. The van der Waals surface area contributed by atoms with E-state index in [9.17, 15) is 9.90 Å². The van der Waals surface area contributed by atoms with Gasteiger partial charge in [-0.25, -0.2) is 0 Å². The molecule has 1 amide bonds. The number of aliphatic hydroxyl groups is 1. The molecule has 2 aliphatic heterocycles. The van der Waals surface area contributed by atoms with E-state index in [1.54, 1.807) is 0 Å². The van der Waals surface area contributed by atoms with Crippen molar-refractivity contribution in [1.29, 1.82) is 0 Å². The molecular formula is C24H42N2O4. The molecule has 1 saturated heterocycles. The van der Waals surface area contributed by atoms with Gasteiger partial charge in [-0.2, -0.15) is 0 Å². The van der Waals surface area contributed by atoms with Gasteiger partial charge in [0.25, 0.3) is 0 Å². The highest BCUT2D eigenvalue weighted by Crippen LogP contribution is 2.33. The Morgan fingerprint density at radius 3 is 2.73 bits per heavy atom. The van der Waals surface area contributed by atoms with Crippen LogP contribution >= 0.6 is 0 Å². The number of aliphatic hydroxyl groups excluding tert-OH is 1. The molecule has 3 rings (SSSR count). The maximum absolute atomic E-state index is 12.6. The number of likely N-dealkylation sites (tertiary alicyclic amines) is 1. The molecule has 0 spiro atoms. The van der Waals surface area contributed by atoms with Crippen LogP contribution in [0.25, 0.3) is 0 Å². The van der Waals surface area contributed by atoms with Crippen LogP contribution < -0.4 is 14.8 Å². The van der Waals surface area contributed by atoms with Crippen LogP contribution in [0.2, 0.25) is 0 Å². The van der Waals surface area contributed by atoms with Crippen molar-refractivity contribution in [2.45, 2.75) is 83.4 Å². The fraction of sp³-hybridized carbons (Fsp3) is 0.708. The Bertz CT molecular complexity index is 692. The van der Waals surface area contributed by atoms with Gasteiger partial charge in [-0.1, -0.05) is 38.7 Å². The molecule has 0 aromatic heterocycles. The van der Waals surface area contributed by atoms with Gasteiger partial charge >= 0.3 is 0 Å². The molecule has 2 aliphatic rings. The zero-order valence-corrected chi connectivity index (χ0v) is 18.6. The fourth-order valence-electron chi connectivity index (χ4n) is 4.39. The number of fused-ring (bicyclic) bond motifs is 1. The summed E-state index contributed by atoms with van der Waals surface area (Å²) in [4.78, 5) is 15.0. The number of amides is 1. The van der Waals surface area contributed by atoms with Crippen LogP contribution in [0.4, 0.5) is 0 Å². The van der Waals surface area contributed by atoms with Gasteiger partial charge in [-0.05, 0) is 50.4 Å². The van der Waals surface area contributed by atoms with Crippen molar-refractivity contribution in [3.05, 3.63) is 23.8 Å². The predicted molar refractivity (Wildman–Crippen MR) is 122 cm³/mol. The van der Waals surface area contributed by atoms with Crippen molar-refractivity contribution in [3.63, 3.8) is 0 Å². The summed E-state index contributed by atoms with van der Waals surface area (Å²) in [7, 11) is 0. The molecule has 172 valence electrons. The predicted octanol–water partition coefficient (Wildman–Crippen LogP) is 4.31. The zero-order valence-electron chi connectivity index (χ0n) is 18.6. The van der Waals surface area contributed by atoms with Gasteiger partial charge in [-0.3, -0.25) is 9.69 Å². The second-order valence-corrected chi connectivity index (χ2v) is 8.67. The highest BCUT2D eigenvalue weighted by molar-refractivity contribution is 5.76. The Hall–Kier alpha value is -1.79. The van der Waals surface area contributed by atoms with Crippen molar-refractivity contribution in [2.24, 2.45) is 0 Å². The number of hydrogen-bond donors (Lipinski definition) is 2. The van der Waals surface area contributed by atoms with E-state index < -0.39 is 6.10 Å². The largest absolute Gasteiger partial charge is 0.486 e. The molecule has 2 N–H and O–H groups in total. The molecule has 0 aliphatic carbocycles. The molecule has 0 radical (unpaired) electrons. The molecule has 2 heterocycles. The zero-order chi connectivity index (χ0) is 21.3. The van der Waals surface area contributed by atoms with Crippen LogP contribution in [0, 0.1) is 0 Å². The number of ether oxygens (including phenoxy) is 2. The average molecular weight is 423 g/mol. The summed E-state index contributed by atoms with van der Waals surface area (Å²) in [5.41, 5.74) is 0.749. The summed E-state index contributed by atoms with van der Waals surface area (Å²) >= 11 is 0. The van der Waals surface area contributed by atoms with E-state index in [1.165, 1.54) is 25.7 Å². The Morgan fingerprint density at radius 1 is 1.23 bits per heavy atom. The first-order valence-corrected chi connectivity index (χ1v) is 11.7. The molecule has 0 bridgehead atoms. The van der Waals surface area contributed by atoms with Crippen molar-refractivity contribution in [3.8, 4) is 11.5 Å². The van der Waals surface area contributed by atoms with Crippen LogP contribution in [0.5, 0.6) is 11.5 Å². The number of unbranched alkanes of at least 4 members (excludes halogenated alkanes) is 4. The van der Waals surface area contributed by atoms with Gasteiger partial charge < -0.3 is 19.9 Å². The Balaban J connectivity index is 0.00000256. The van der Waals surface area contributed by atoms with E-state index in [0.717, 1.165) is 31.4 Å². The summed E-state index contributed by atoms with van der Waals surface area (Å²) in [6.45, 7) is 7.12. The molecule has 30 heavy (non-hydrogen) atoms. The van der Waals surface area contributed by atoms with E-state index in [0.29, 0.717) is 43.7 Å². The lowest BCUT2D eigenvalue weighted by molar-refractivity contribution is -0.123. The van der Waals surface area contributed by atoms with Gasteiger partial charge in [-0.15, -0.1) is 0 Å². The topological polar surface area (TPSA) is 71.0 Å². The Morgan fingerprint density at radius 2 is 2.00 bits per heavy atom. The average Bonchev–Trinajstić information content (AvgIpc) is 3.16. The van der Waals surface area contributed by atoms with Gasteiger partial charge in [0.05, 0.1) is 6.04 Å². The summed E-state index contributed by atoms with van der Waals surface area (Å²) in [5.74, 6) is 1.39. The molecular weight excluding hydrogens is 380 g/mol. The fourth-order valence-corrected chi connectivity index (χ4v) is 4.39. The lowest BCUT2D eigenvalue weighted by atomic mass is 10.00. The van der Waals surface area contributed by atoms with E-state index >= 15 is 0 Å². The monoisotopic (exact) mass is 422 g/mol. The number of hydrogen-bond acceptors (Lipinski definition) is 5. The molecule has 0 unspecified atom stereocenters. The van der Waals surface area contributed by atoms with Crippen LogP contribution in [0.3, 0.4) is 0 Å². The number of carbonyl (C=O) groups is 1. The maximum Gasteiger partial charge on any atom is 0.220 e. The normalized spacial score (nSPS) is 20.7. The molecule has 1 aromatic carbocycles. The Kier molecular flexibility index (Phi) is 8.82. The third-order valence-corrected chi connectivity index (χ3v) is 6.26. The van der Waals surface area contributed by atoms with Gasteiger partial charge in [0.1, 0.15) is 19.3 Å². The van der Waals surface area contributed by atoms with Crippen LogP contribution in [0.1, 0.15) is 79.7 Å². The van der Waals surface area contributed by atoms with Crippen molar-refractivity contribution in [1.82, 2.24) is 10.2 Å². The third-order valence-electron chi connectivity index (χ3n) is 6.26. The highest BCUT2D eigenvalue weighted by Gasteiger charge is 2.30. The van der Waals surface area contributed by atoms with E-state index in [-0.39, 0.29) is 14.8 Å². The Labute approximate surface area is 183 Å². The standard InChI is InChI=1S/C24H38N2O4.2H2/c1-3-4-5-6-7-10-23(27)25-20(17-26-13-8-9-18(26)2)24(28)19-11-12-21-22(16-19)30-15-14-29-21;;/h11-12,16,18,20,24,28H,3-10,13-15,17H2,1-2H3,(H,25,27);2*1H/t18-,20-,24+;;/m1../s1. The van der Waals surface area contributed by atoms with Gasteiger partial charge in [0, 0.05) is 21.9 Å². The molecule has 1 fully saturated rings.